The van der Waals surface area contributed by atoms with E-state index in [0.717, 1.165) is 0 Å². The third-order valence-electron chi connectivity index (χ3n) is 2.29. The maximum absolute atomic E-state index is 12.6. The largest absolute Gasteiger partial charge is 0.491 e. The van der Waals surface area contributed by atoms with E-state index >= 15 is 0 Å². The number of hydrogen-bond donors (Lipinski definition) is 2. The molecule has 2 N–H and O–H groups in total. The molecule has 0 fully saturated rings. The highest BCUT2D eigenvalue weighted by Crippen LogP contribution is 2.11. The lowest BCUT2D eigenvalue weighted by molar-refractivity contribution is -0.124. The highest BCUT2D eigenvalue weighted by Gasteiger charge is 2.10. The summed E-state index contributed by atoms with van der Waals surface area (Å²) in [4.78, 5) is 11.3. The van der Waals surface area contributed by atoms with Crippen molar-refractivity contribution >= 4 is 5.91 Å². The average molecular weight is 255 g/mol. The summed E-state index contributed by atoms with van der Waals surface area (Å²) >= 11 is 0. The van der Waals surface area contributed by atoms with Gasteiger partial charge in [-0.05, 0) is 24.3 Å². The minimum atomic E-state index is -0.794. The number of aliphatic hydroxyl groups is 1. The first-order valence-electron chi connectivity index (χ1n) is 5.83. The maximum atomic E-state index is 12.6. The Bertz CT molecular complexity index is 378. The topological polar surface area (TPSA) is 58.6 Å². The second-order valence-electron chi connectivity index (χ2n) is 4.32. The van der Waals surface area contributed by atoms with Gasteiger partial charge in [-0.3, -0.25) is 4.79 Å². The number of aliphatic hydroxyl groups excluding tert-OH is 1. The Morgan fingerprint density at radius 1 is 1.39 bits per heavy atom. The van der Waals surface area contributed by atoms with Crippen LogP contribution in [0.2, 0.25) is 0 Å². The number of amides is 1. The van der Waals surface area contributed by atoms with Gasteiger partial charge in [-0.25, -0.2) is 4.39 Å². The van der Waals surface area contributed by atoms with Crippen LogP contribution < -0.4 is 10.1 Å². The van der Waals surface area contributed by atoms with Crippen LogP contribution in [0, 0.1) is 11.7 Å². The van der Waals surface area contributed by atoms with Crippen molar-refractivity contribution in [2.45, 2.75) is 20.0 Å². The molecule has 1 aromatic rings. The smallest absolute Gasteiger partial charge is 0.222 e. The highest BCUT2D eigenvalue weighted by atomic mass is 19.1. The molecule has 1 rings (SSSR count). The monoisotopic (exact) mass is 255 g/mol. The predicted octanol–water partition coefficient (Wildman–Crippen LogP) is 1.34. The summed E-state index contributed by atoms with van der Waals surface area (Å²) in [6.45, 7) is 3.73. The Hall–Kier alpha value is -1.62. The first-order valence-corrected chi connectivity index (χ1v) is 5.83. The minimum absolute atomic E-state index is 0.0456. The maximum Gasteiger partial charge on any atom is 0.222 e. The SMILES string of the molecule is CC(C)C(=O)NCC(O)COc1ccc(F)cc1. The molecule has 0 radical (unpaired) electrons. The summed E-state index contributed by atoms with van der Waals surface area (Å²) in [6, 6.07) is 5.52. The quantitative estimate of drug-likeness (QED) is 0.806. The van der Waals surface area contributed by atoms with Gasteiger partial charge in [0.15, 0.2) is 0 Å². The van der Waals surface area contributed by atoms with E-state index in [1.165, 1.54) is 24.3 Å². The van der Waals surface area contributed by atoms with Gasteiger partial charge in [0.25, 0.3) is 0 Å². The molecular formula is C13H18FNO3. The molecule has 1 unspecified atom stereocenters. The molecule has 1 atom stereocenters. The predicted molar refractivity (Wildman–Crippen MR) is 65.7 cm³/mol. The molecule has 0 heterocycles. The number of benzene rings is 1. The Balaban J connectivity index is 2.26. The number of nitrogens with one attached hydrogen (secondary N) is 1. The van der Waals surface area contributed by atoms with Crippen molar-refractivity contribution in [2.24, 2.45) is 5.92 Å². The van der Waals surface area contributed by atoms with Crippen LogP contribution in [0.1, 0.15) is 13.8 Å². The van der Waals surface area contributed by atoms with Gasteiger partial charge in [0.1, 0.15) is 24.3 Å². The number of carbonyl (C=O) groups excluding carboxylic acids is 1. The number of ether oxygens (including phenoxy) is 1. The molecule has 0 bridgehead atoms. The summed E-state index contributed by atoms with van der Waals surface area (Å²) in [5, 5.41) is 12.2. The first-order chi connectivity index (χ1) is 8.49. The van der Waals surface area contributed by atoms with Crippen LogP contribution in [-0.4, -0.2) is 30.3 Å². The van der Waals surface area contributed by atoms with Crippen LogP contribution in [0.5, 0.6) is 5.75 Å². The zero-order chi connectivity index (χ0) is 13.5. The van der Waals surface area contributed by atoms with Gasteiger partial charge in [-0.15, -0.1) is 0 Å². The third kappa shape index (κ3) is 5.14. The summed E-state index contributed by atoms with van der Waals surface area (Å²) in [7, 11) is 0. The van der Waals surface area contributed by atoms with Crippen LogP contribution in [0.4, 0.5) is 4.39 Å². The first kappa shape index (κ1) is 14.4. The van der Waals surface area contributed by atoms with Crippen LogP contribution >= 0.6 is 0 Å². The Kier molecular flexibility index (Phi) is 5.58. The molecule has 0 saturated carbocycles. The average Bonchev–Trinajstić information content (AvgIpc) is 2.35. The molecule has 0 aliphatic rings. The fourth-order valence-electron chi connectivity index (χ4n) is 1.20. The molecule has 0 saturated heterocycles. The molecule has 5 heteroatoms. The fraction of sp³-hybridized carbons (Fsp3) is 0.462. The lowest BCUT2D eigenvalue weighted by Gasteiger charge is -2.14. The van der Waals surface area contributed by atoms with Gasteiger partial charge in [0, 0.05) is 12.5 Å². The van der Waals surface area contributed by atoms with Crippen molar-refractivity contribution in [2.75, 3.05) is 13.2 Å². The molecule has 0 aliphatic carbocycles. The minimum Gasteiger partial charge on any atom is -0.491 e. The summed E-state index contributed by atoms with van der Waals surface area (Å²) in [5.74, 6) is -0.0937. The van der Waals surface area contributed by atoms with Crippen molar-refractivity contribution < 1.29 is 19.0 Å². The lowest BCUT2D eigenvalue weighted by atomic mass is 10.2. The number of hydrogen-bond acceptors (Lipinski definition) is 3. The van der Waals surface area contributed by atoms with Crippen LogP contribution in [-0.2, 0) is 4.79 Å². The highest BCUT2D eigenvalue weighted by molar-refractivity contribution is 5.77. The number of carbonyl (C=O) groups is 1. The van der Waals surface area contributed by atoms with Crippen LogP contribution in [0.3, 0.4) is 0 Å². The molecule has 1 aromatic carbocycles. The van der Waals surface area contributed by atoms with Gasteiger partial charge in [-0.1, -0.05) is 13.8 Å². The van der Waals surface area contributed by atoms with Crippen LogP contribution in [0.25, 0.3) is 0 Å². The molecule has 4 nitrogen and oxygen atoms in total. The van der Waals surface area contributed by atoms with E-state index in [9.17, 15) is 14.3 Å². The third-order valence-corrected chi connectivity index (χ3v) is 2.29. The van der Waals surface area contributed by atoms with Crippen molar-refractivity contribution in [3.63, 3.8) is 0 Å². The molecular weight excluding hydrogens is 237 g/mol. The van der Waals surface area contributed by atoms with E-state index in [4.69, 9.17) is 4.74 Å². The zero-order valence-corrected chi connectivity index (χ0v) is 10.5. The van der Waals surface area contributed by atoms with E-state index in [2.05, 4.69) is 5.32 Å². The molecule has 0 aromatic heterocycles. The van der Waals surface area contributed by atoms with Crippen molar-refractivity contribution in [1.29, 1.82) is 0 Å². The standard InChI is InChI=1S/C13H18FNO3/c1-9(2)13(17)15-7-11(16)8-18-12-5-3-10(14)4-6-12/h3-6,9,11,16H,7-8H2,1-2H3,(H,15,17). The summed E-state index contributed by atoms with van der Waals surface area (Å²) < 4.78 is 17.9. The zero-order valence-electron chi connectivity index (χ0n) is 10.5. The molecule has 1 amide bonds. The van der Waals surface area contributed by atoms with E-state index in [0.29, 0.717) is 5.75 Å². The Morgan fingerprint density at radius 2 is 2.00 bits per heavy atom. The molecule has 100 valence electrons. The van der Waals surface area contributed by atoms with Gasteiger partial charge in [0.05, 0.1) is 0 Å². The van der Waals surface area contributed by atoms with E-state index in [-0.39, 0.29) is 30.8 Å². The normalized spacial score (nSPS) is 12.3. The van der Waals surface area contributed by atoms with E-state index in [1.807, 2.05) is 0 Å². The summed E-state index contributed by atoms with van der Waals surface area (Å²) in [5.41, 5.74) is 0. The van der Waals surface area contributed by atoms with Gasteiger partial charge in [-0.2, -0.15) is 0 Å². The number of halogens is 1. The van der Waals surface area contributed by atoms with Gasteiger partial charge in [0.2, 0.25) is 5.91 Å². The number of rotatable bonds is 6. The fourth-order valence-corrected chi connectivity index (χ4v) is 1.20. The van der Waals surface area contributed by atoms with Crippen molar-refractivity contribution in [3.05, 3.63) is 30.1 Å². The van der Waals surface area contributed by atoms with E-state index < -0.39 is 6.10 Å². The lowest BCUT2D eigenvalue weighted by Crippen LogP contribution is -2.37. The van der Waals surface area contributed by atoms with Gasteiger partial charge < -0.3 is 15.2 Å². The second kappa shape index (κ2) is 6.96. The summed E-state index contributed by atoms with van der Waals surface area (Å²) in [6.07, 6.45) is -0.794. The molecule has 18 heavy (non-hydrogen) atoms. The van der Waals surface area contributed by atoms with E-state index in [1.54, 1.807) is 13.8 Å². The Morgan fingerprint density at radius 3 is 2.56 bits per heavy atom. The van der Waals surface area contributed by atoms with Gasteiger partial charge >= 0.3 is 0 Å². The van der Waals surface area contributed by atoms with Crippen LogP contribution in [0.15, 0.2) is 24.3 Å². The van der Waals surface area contributed by atoms with Crippen molar-refractivity contribution in [3.8, 4) is 5.75 Å². The molecule has 0 aliphatic heterocycles. The second-order valence-corrected chi connectivity index (χ2v) is 4.32. The molecule has 0 spiro atoms. The Labute approximate surface area is 106 Å². The van der Waals surface area contributed by atoms with Crippen molar-refractivity contribution in [1.82, 2.24) is 5.32 Å².